The monoisotopic (exact) mass is 249 g/mol. The molecule has 1 aromatic heterocycles. The van der Waals surface area contributed by atoms with Gasteiger partial charge in [-0.25, -0.2) is 9.18 Å². The smallest absolute Gasteiger partial charge is 0.328 e. The van der Waals surface area contributed by atoms with Crippen molar-refractivity contribution in [3.05, 3.63) is 52.5 Å². The molecule has 18 heavy (non-hydrogen) atoms. The van der Waals surface area contributed by atoms with Gasteiger partial charge in [0.2, 0.25) is 0 Å². The van der Waals surface area contributed by atoms with Crippen LogP contribution in [0.3, 0.4) is 0 Å². The Labute approximate surface area is 104 Å². The number of nitrogen functional groups attached to an aromatic ring is 1. The van der Waals surface area contributed by atoms with Crippen LogP contribution in [-0.2, 0) is 13.1 Å². The number of halogens is 1. The molecule has 2 N–H and O–H groups in total. The molecule has 0 unspecified atom stereocenters. The Kier molecular flexibility index (Phi) is 3.50. The summed E-state index contributed by atoms with van der Waals surface area (Å²) < 4.78 is 16.4. The zero-order chi connectivity index (χ0) is 13.1. The van der Waals surface area contributed by atoms with Gasteiger partial charge in [0, 0.05) is 24.6 Å². The average molecular weight is 249 g/mol. The Balaban J connectivity index is 2.26. The van der Waals surface area contributed by atoms with E-state index in [-0.39, 0.29) is 11.5 Å². The van der Waals surface area contributed by atoms with E-state index in [9.17, 15) is 9.18 Å². The second-order valence-electron chi connectivity index (χ2n) is 4.29. The molecular formula is C13H16FN3O. The lowest BCUT2D eigenvalue weighted by Gasteiger charge is -2.04. The fraction of sp³-hybridized carbons (Fsp3) is 0.308. The SMILES string of the molecule is CCCn1ccn(Cc2cc(N)cc(F)c2)c1=O. The fourth-order valence-corrected chi connectivity index (χ4v) is 1.95. The summed E-state index contributed by atoms with van der Waals surface area (Å²) >= 11 is 0. The van der Waals surface area contributed by atoms with Gasteiger partial charge >= 0.3 is 5.69 Å². The molecule has 0 saturated heterocycles. The minimum atomic E-state index is -0.383. The first kappa shape index (κ1) is 12.4. The van der Waals surface area contributed by atoms with E-state index in [1.54, 1.807) is 27.6 Å². The van der Waals surface area contributed by atoms with Crippen LogP contribution in [0.4, 0.5) is 10.1 Å². The normalized spacial score (nSPS) is 10.8. The van der Waals surface area contributed by atoms with Crippen LogP contribution < -0.4 is 11.4 Å². The number of nitrogens with two attached hydrogens (primary N) is 1. The molecule has 1 aromatic carbocycles. The molecule has 0 radical (unpaired) electrons. The fourth-order valence-electron chi connectivity index (χ4n) is 1.95. The van der Waals surface area contributed by atoms with Crippen LogP contribution in [0.25, 0.3) is 0 Å². The van der Waals surface area contributed by atoms with Gasteiger partial charge in [0.1, 0.15) is 5.82 Å². The Morgan fingerprint density at radius 2 is 1.94 bits per heavy atom. The van der Waals surface area contributed by atoms with Gasteiger partial charge in [-0.15, -0.1) is 0 Å². The zero-order valence-electron chi connectivity index (χ0n) is 10.3. The van der Waals surface area contributed by atoms with Crippen molar-refractivity contribution in [1.29, 1.82) is 0 Å². The van der Waals surface area contributed by atoms with Crippen molar-refractivity contribution in [2.75, 3.05) is 5.73 Å². The Hall–Kier alpha value is -2.04. The quantitative estimate of drug-likeness (QED) is 0.840. The van der Waals surface area contributed by atoms with E-state index in [1.807, 2.05) is 6.92 Å². The Morgan fingerprint density at radius 3 is 2.61 bits per heavy atom. The molecule has 2 aromatic rings. The molecule has 0 aliphatic carbocycles. The van der Waals surface area contributed by atoms with Gasteiger partial charge in [-0.3, -0.25) is 9.13 Å². The van der Waals surface area contributed by atoms with Gasteiger partial charge in [0.05, 0.1) is 6.54 Å². The molecule has 5 heteroatoms. The van der Waals surface area contributed by atoms with E-state index in [4.69, 9.17) is 5.73 Å². The topological polar surface area (TPSA) is 52.9 Å². The average Bonchev–Trinajstić information content (AvgIpc) is 2.61. The molecule has 0 amide bonds. The van der Waals surface area contributed by atoms with E-state index in [0.29, 0.717) is 24.3 Å². The number of benzene rings is 1. The standard InChI is InChI=1S/C13H16FN3O/c1-2-3-16-4-5-17(13(16)18)9-10-6-11(14)8-12(15)7-10/h4-8H,2-3,9,15H2,1H3. The molecule has 96 valence electrons. The molecule has 2 rings (SSSR count). The molecule has 0 saturated carbocycles. The van der Waals surface area contributed by atoms with Crippen LogP contribution in [0.5, 0.6) is 0 Å². The maximum Gasteiger partial charge on any atom is 0.328 e. The number of hydrogen-bond acceptors (Lipinski definition) is 2. The summed E-state index contributed by atoms with van der Waals surface area (Å²) in [5.74, 6) is -0.383. The van der Waals surface area contributed by atoms with E-state index >= 15 is 0 Å². The summed E-state index contributed by atoms with van der Waals surface area (Å²) in [6, 6.07) is 4.32. The second-order valence-corrected chi connectivity index (χ2v) is 4.29. The molecular weight excluding hydrogens is 233 g/mol. The van der Waals surface area contributed by atoms with Gasteiger partial charge in [-0.2, -0.15) is 0 Å². The number of imidazole rings is 1. The van der Waals surface area contributed by atoms with Crippen LogP contribution in [-0.4, -0.2) is 9.13 Å². The first-order valence-electron chi connectivity index (χ1n) is 5.90. The predicted octanol–water partition coefficient (Wildman–Crippen LogP) is 1.83. The number of anilines is 1. The molecule has 0 fully saturated rings. The lowest BCUT2D eigenvalue weighted by Crippen LogP contribution is -2.24. The van der Waals surface area contributed by atoms with Crippen LogP contribution in [0, 0.1) is 5.82 Å². The number of nitrogens with zero attached hydrogens (tertiary/aromatic N) is 2. The first-order valence-corrected chi connectivity index (χ1v) is 5.90. The van der Waals surface area contributed by atoms with Gasteiger partial charge in [0.25, 0.3) is 0 Å². The first-order chi connectivity index (χ1) is 8.60. The predicted molar refractivity (Wildman–Crippen MR) is 68.9 cm³/mol. The molecule has 1 heterocycles. The van der Waals surface area contributed by atoms with E-state index in [0.717, 1.165) is 6.42 Å². The highest BCUT2D eigenvalue weighted by Gasteiger charge is 2.05. The summed E-state index contributed by atoms with van der Waals surface area (Å²) in [5, 5.41) is 0. The third-order valence-electron chi connectivity index (χ3n) is 2.72. The summed E-state index contributed by atoms with van der Waals surface area (Å²) in [6.07, 6.45) is 4.35. The van der Waals surface area contributed by atoms with Gasteiger partial charge < -0.3 is 5.73 Å². The number of rotatable bonds is 4. The third-order valence-corrected chi connectivity index (χ3v) is 2.72. The molecule has 0 spiro atoms. The molecule has 0 bridgehead atoms. The Bertz CT molecular complexity index is 580. The van der Waals surface area contributed by atoms with Crippen LogP contribution >= 0.6 is 0 Å². The maximum atomic E-state index is 13.2. The van der Waals surface area contributed by atoms with Crippen molar-refractivity contribution in [3.8, 4) is 0 Å². The summed E-state index contributed by atoms with van der Waals surface area (Å²) in [4.78, 5) is 11.9. The third kappa shape index (κ3) is 2.61. The van der Waals surface area contributed by atoms with Crippen LogP contribution in [0.1, 0.15) is 18.9 Å². The minimum absolute atomic E-state index is 0.0836. The molecule has 4 nitrogen and oxygen atoms in total. The van der Waals surface area contributed by atoms with Gasteiger partial charge in [-0.1, -0.05) is 6.92 Å². The van der Waals surface area contributed by atoms with Crippen molar-refractivity contribution in [2.24, 2.45) is 0 Å². The van der Waals surface area contributed by atoms with Crippen LogP contribution in [0.2, 0.25) is 0 Å². The Morgan fingerprint density at radius 1 is 1.22 bits per heavy atom. The summed E-state index contributed by atoms with van der Waals surface area (Å²) in [5.41, 5.74) is 6.54. The lowest BCUT2D eigenvalue weighted by atomic mass is 10.2. The van der Waals surface area contributed by atoms with Gasteiger partial charge in [0.15, 0.2) is 0 Å². The summed E-state index contributed by atoms with van der Waals surface area (Å²) in [6.45, 7) is 3.03. The zero-order valence-corrected chi connectivity index (χ0v) is 10.3. The van der Waals surface area contributed by atoms with Crippen LogP contribution in [0.15, 0.2) is 35.4 Å². The van der Waals surface area contributed by atoms with E-state index in [1.165, 1.54) is 12.1 Å². The largest absolute Gasteiger partial charge is 0.399 e. The molecule has 0 atom stereocenters. The van der Waals surface area contributed by atoms with E-state index in [2.05, 4.69) is 0 Å². The number of aryl methyl sites for hydroxylation is 1. The highest BCUT2D eigenvalue weighted by molar-refractivity contribution is 5.41. The highest BCUT2D eigenvalue weighted by Crippen LogP contribution is 2.11. The van der Waals surface area contributed by atoms with Crippen molar-refractivity contribution in [3.63, 3.8) is 0 Å². The van der Waals surface area contributed by atoms with Gasteiger partial charge in [-0.05, 0) is 30.2 Å². The molecule has 0 aliphatic heterocycles. The highest BCUT2D eigenvalue weighted by atomic mass is 19.1. The van der Waals surface area contributed by atoms with Crippen molar-refractivity contribution in [2.45, 2.75) is 26.4 Å². The minimum Gasteiger partial charge on any atom is -0.399 e. The van der Waals surface area contributed by atoms with Crippen molar-refractivity contribution in [1.82, 2.24) is 9.13 Å². The van der Waals surface area contributed by atoms with Crippen molar-refractivity contribution < 1.29 is 4.39 Å². The van der Waals surface area contributed by atoms with Crippen molar-refractivity contribution >= 4 is 5.69 Å². The number of hydrogen-bond donors (Lipinski definition) is 1. The molecule has 0 aliphatic rings. The second kappa shape index (κ2) is 5.08. The number of aromatic nitrogens is 2. The summed E-state index contributed by atoms with van der Waals surface area (Å²) in [7, 11) is 0. The maximum absolute atomic E-state index is 13.2. The van der Waals surface area contributed by atoms with E-state index < -0.39 is 0 Å². The lowest BCUT2D eigenvalue weighted by molar-refractivity contribution is 0.614.